The van der Waals surface area contributed by atoms with Crippen LogP contribution in [0.1, 0.15) is 17.9 Å². The summed E-state index contributed by atoms with van der Waals surface area (Å²) in [6.45, 7) is 1.35. The van der Waals surface area contributed by atoms with Crippen molar-refractivity contribution >= 4 is 28.6 Å². The quantitative estimate of drug-likeness (QED) is 0.694. The Kier molecular flexibility index (Phi) is 5.03. The number of pyridine rings is 1. The molecular weight excluding hydrogens is 322 g/mol. The Morgan fingerprint density at radius 2 is 2.04 bits per heavy atom. The van der Waals surface area contributed by atoms with Gasteiger partial charge in [0.15, 0.2) is 12.4 Å². The molecule has 0 bridgehead atoms. The van der Waals surface area contributed by atoms with Crippen LogP contribution in [0.15, 0.2) is 47.0 Å². The predicted molar refractivity (Wildman–Crippen MR) is 90.9 cm³/mol. The van der Waals surface area contributed by atoms with Crippen LogP contribution >= 0.6 is 0 Å². The van der Waals surface area contributed by atoms with E-state index in [-0.39, 0.29) is 13.0 Å². The van der Waals surface area contributed by atoms with E-state index in [2.05, 4.69) is 15.5 Å². The number of amides is 1. The molecule has 0 saturated carbocycles. The first kappa shape index (κ1) is 16.6. The third-order valence-corrected chi connectivity index (χ3v) is 3.50. The zero-order chi connectivity index (χ0) is 17.6. The van der Waals surface area contributed by atoms with Gasteiger partial charge in [0, 0.05) is 23.6 Å². The maximum atomic E-state index is 11.8. The number of para-hydroxylation sites is 1. The number of nitrogens with zero attached hydrogens (tertiary/aromatic N) is 2. The molecule has 0 aliphatic carbocycles. The molecule has 0 unspecified atom stereocenters. The second kappa shape index (κ2) is 7.57. The first-order valence-electron chi connectivity index (χ1n) is 7.83. The van der Waals surface area contributed by atoms with Crippen LogP contribution in [0.2, 0.25) is 0 Å². The highest BCUT2D eigenvalue weighted by Crippen LogP contribution is 2.13. The summed E-state index contributed by atoms with van der Waals surface area (Å²) in [4.78, 5) is 27.9. The van der Waals surface area contributed by atoms with Gasteiger partial charge in [0.05, 0.1) is 11.9 Å². The molecule has 0 aliphatic rings. The Bertz CT molecular complexity index is 904. The van der Waals surface area contributed by atoms with Crippen molar-refractivity contribution in [1.29, 1.82) is 0 Å². The van der Waals surface area contributed by atoms with E-state index in [9.17, 15) is 9.59 Å². The van der Waals surface area contributed by atoms with E-state index in [0.717, 1.165) is 16.6 Å². The largest absolute Gasteiger partial charge is 0.456 e. The minimum absolute atomic E-state index is 0.154. The van der Waals surface area contributed by atoms with E-state index in [1.54, 1.807) is 13.0 Å². The molecule has 128 valence electrons. The summed E-state index contributed by atoms with van der Waals surface area (Å²) in [5, 5.41) is 7.16. The molecule has 3 aromatic rings. The number of hydrogen-bond acceptors (Lipinski definition) is 6. The van der Waals surface area contributed by atoms with E-state index in [4.69, 9.17) is 9.26 Å². The molecule has 7 heteroatoms. The molecule has 1 N–H and O–H groups in total. The van der Waals surface area contributed by atoms with Crippen LogP contribution in [-0.4, -0.2) is 28.6 Å². The number of benzene rings is 1. The van der Waals surface area contributed by atoms with Gasteiger partial charge in [-0.15, -0.1) is 0 Å². The van der Waals surface area contributed by atoms with E-state index in [1.807, 2.05) is 36.4 Å². The Balaban J connectivity index is 1.44. The summed E-state index contributed by atoms with van der Waals surface area (Å²) in [5.41, 5.74) is 1.69. The van der Waals surface area contributed by atoms with Gasteiger partial charge in [-0.25, -0.2) is 0 Å². The summed E-state index contributed by atoms with van der Waals surface area (Å²) < 4.78 is 9.78. The smallest absolute Gasteiger partial charge is 0.306 e. The predicted octanol–water partition coefficient (Wildman–Crippen LogP) is 2.65. The van der Waals surface area contributed by atoms with Gasteiger partial charge in [-0.1, -0.05) is 29.4 Å². The number of fused-ring (bicyclic) bond motifs is 1. The van der Waals surface area contributed by atoms with Crippen molar-refractivity contribution in [2.24, 2.45) is 0 Å². The van der Waals surface area contributed by atoms with Crippen LogP contribution in [0, 0.1) is 6.92 Å². The van der Waals surface area contributed by atoms with Gasteiger partial charge < -0.3 is 14.6 Å². The number of aromatic nitrogens is 2. The summed E-state index contributed by atoms with van der Waals surface area (Å²) >= 11 is 0. The molecule has 0 aliphatic heterocycles. The van der Waals surface area contributed by atoms with Gasteiger partial charge in [-0.05, 0) is 19.1 Å². The molecule has 2 aromatic heterocycles. The highest BCUT2D eigenvalue weighted by molar-refractivity contribution is 5.91. The maximum absolute atomic E-state index is 11.8. The number of anilines is 1. The number of ether oxygens (including phenoxy) is 1. The monoisotopic (exact) mass is 339 g/mol. The van der Waals surface area contributed by atoms with Gasteiger partial charge in [-0.2, -0.15) is 0 Å². The minimum Gasteiger partial charge on any atom is -0.456 e. The molecule has 0 spiro atoms. The molecule has 0 radical (unpaired) electrons. The van der Waals surface area contributed by atoms with E-state index < -0.39 is 11.9 Å². The van der Waals surface area contributed by atoms with Crippen molar-refractivity contribution in [1.82, 2.24) is 10.1 Å². The molecule has 1 amide bonds. The average molecular weight is 339 g/mol. The Morgan fingerprint density at radius 3 is 2.84 bits per heavy atom. The minimum atomic E-state index is -0.467. The Labute approximate surface area is 144 Å². The van der Waals surface area contributed by atoms with Crippen molar-refractivity contribution in [3.8, 4) is 0 Å². The summed E-state index contributed by atoms with van der Waals surface area (Å²) in [6.07, 6.45) is 0.607. The second-order valence-corrected chi connectivity index (χ2v) is 5.53. The third-order valence-electron chi connectivity index (χ3n) is 3.50. The Morgan fingerprint density at radius 1 is 1.20 bits per heavy atom. The molecule has 3 rings (SSSR count). The zero-order valence-corrected chi connectivity index (χ0v) is 13.7. The van der Waals surface area contributed by atoms with Gasteiger partial charge in [0.25, 0.3) is 5.91 Å². The van der Waals surface area contributed by atoms with Crippen molar-refractivity contribution in [3.63, 3.8) is 0 Å². The lowest BCUT2D eigenvalue weighted by atomic mass is 10.1. The number of carbonyl (C=O) groups excluding carboxylic acids is 2. The van der Waals surface area contributed by atoms with E-state index in [0.29, 0.717) is 18.0 Å². The van der Waals surface area contributed by atoms with E-state index >= 15 is 0 Å². The van der Waals surface area contributed by atoms with Crippen LogP contribution in [0.4, 0.5) is 5.82 Å². The van der Waals surface area contributed by atoms with Crippen LogP contribution in [0.3, 0.4) is 0 Å². The summed E-state index contributed by atoms with van der Waals surface area (Å²) in [7, 11) is 0. The van der Waals surface area contributed by atoms with Crippen LogP contribution < -0.4 is 5.32 Å². The third kappa shape index (κ3) is 4.63. The molecule has 7 nitrogen and oxygen atoms in total. The van der Waals surface area contributed by atoms with Crippen molar-refractivity contribution < 1.29 is 18.8 Å². The first-order valence-corrected chi connectivity index (χ1v) is 7.83. The number of hydrogen-bond donors (Lipinski definition) is 1. The van der Waals surface area contributed by atoms with Gasteiger partial charge in [0.1, 0.15) is 5.76 Å². The number of aryl methyl sites for hydroxylation is 2. The second-order valence-electron chi connectivity index (χ2n) is 5.53. The lowest BCUT2D eigenvalue weighted by Crippen LogP contribution is -2.21. The van der Waals surface area contributed by atoms with Crippen LogP contribution in [0.5, 0.6) is 0 Å². The lowest BCUT2D eigenvalue weighted by Gasteiger charge is -2.05. The number of nitrogens with one attached hydrogen (secondary N) is 1. The maximum Gasteiger partial charge on any atom is 0.306 e. The summed E-state index contributed by atoms with van der Waals surface area (Å²) in [6, 6.07) is 13.2. The number of esters is 1. The number of rotatable bonds is 6. The first-order chi connectivity index (χ1) is 12.1. The van der Waals surface area contributed by atoms with Gasteiger partial charge >= 0.3 is 5.97 Å². The van der Waals surface area contributed by atoms with Gasteiger partial charge in [-0.3, -0.25) is 14.6 Å². The fraction of sp³-hybridized carbons (Fsp3) is 0.222. The normalized spacial score (nSPS) is 10.6. The van der Waals surface area contributed by atoms with Crippen molar-refractivity contribution in [2.45, 2.75) is 19.8 Å². The molecule has 25 heavy (non-hydrogen) atoms. The van der Waals surface area contributed by atoms with Crippen LogP contribution in [-0.2, 0) is 20.7 Å². The molecule has 1 aromatic carbocycles. The fourth-order valence-electron chi connectivity index (χ4n) is 2.30. The Hall–Kier alpha value is -3.22. The standard InChI is InChI=1S/C18H17N3O4/c1-12-10-16(21-25-12)20-17(22)11-24-18(23)9-8-14-7-6-13-4-2-3-5-15(13)19-14/h2-7,10H,8-9,11H2,1H3,(H,20,21,22). The molecule has 0 fully saturated rings. The lowest BCUT2D eigenvalue weighted by molar-refractivity contribution is -0.147. The highest BCUT2D eigenvalue weighted by Gasteiger charge is 2.10. The molecule has 2 heterocycles. The van der Waals surface area contributed by atoms with Crippen LogP contribution in [0.25, 0.3) is 10.9 Å². The van der Waals surface area contributed by atoms with Crippen molar-refractivity contribution in [3.05, 3.63) is 53.9 Å². The van der Waals surface area contributed by atoms with Crippen molar-refractivity contribution in [2.75, 3.05) is 11.9 Å². The number of carbonyl (C=O) groups is 2. The SMILES string of the molecule is Cc1cc(NC(=O)COC(=O)CCc2ccc3ccccc3n2)no1. The molecular formula is C18H17N3O4. The zero-order valence-electron chi connectivity index (χ0n) is 13.7. The van der Waals surface area contributed by atoms with Gasteiger partial charge in [0.2, 0.25) is 0 Å². The highest BCUT2D eigenvalue weighted by atomic mass is 16.5. The molecule has 0 saturated heterocycles. The fourth-order valence-corrected chi connectivity index (χ4v) is 2.30. The average Bonchev–Trinajstić information content (AvgIpc) is 3.02. The summed E-state index contributed by atoms with van der Waals surface area (Å²) in [5.74, 6) is -0.0546. The van der Waals surface area contributed by atoms with E-state index in [1.165, 1.54) is 0 Å². The topological polar surface area (TPSA) is 94.3 Å². The molecule has 0 atom stereocenters.